The summed E-state index contributed by atoms with van der Waals surface area (Å²) in [5, 5.41) is 5.98. The summed E-state index contributed by atoms with van der Waals surface area (Å²) in [5.74, 6) is 1.51. The van der Waals surface area contributed by atoms with Gasteiger partial charge >= 0.3 is 5.51 Å². The Kier molecular flexibility index (Phi) is 7.58. The minimum atomic E-state index is -4.21. The van der Waals surface area contributed by atoms with Crippen molar-refractivity contribution in [2.45, 2.75) is 25.5 Å². The zero-order chi connectivity index (χ0) is 15.7. The highest BCUT2D eigenvalue weighted by Gasteiger charge is 2.27. The van der Waals surface area contributed by atoms with Crippen molar-refractivity contribution in [3.63, 3.8) is 0 Å². The monoisotopic (exact) mass is 324 g/mol. The van der Waals surface area contributed by atoms with Crippen molar-refractivity contribution < 1.29 is 17.9 Å². The normalized spacial score (nSPS) is 11.5. The first kappa shape index (κ1) is 17.8. The van der Waals surface area contributed by atoms with E-state index in [9.17, 15) is 13.2 Å². The maximum absolute atomic E-state index is 12.0. The van der Waals surface area contributed by atoms with Gasteiger partial charge in [-0.05, 0) is 18.2 Å². The zero-order valence-corrected chi connectivity index (χ0v) is 12.8. The van der Waals surface area contributed by atoms with E-state index >= 15 is 0 Å². The Balaban J connectivity index is 2.60. The molecule has 21 heavy (non-hydrogen) atoms. The van der Waals surface area contributed by atoms with Crippen LogP contribution in [0.15, 0.2) is 6.07 Å². The van der Waals surface area contributed by atoms with Crippen molar-refractivity contribution in [2.24, 2.45) is 0 Å². The molecule has 0 aromatic carbocycles. The lowest BCUT2D eigenvalue weighted by molar-refractivity contribution is -0.0327. The molecule has 0 aliphatic heterocycles. The van der Waals surface area contributed by atoms with Crippen LogP contribution in [0.3, 0.4) is 0 Å². The number of halogens is 3. The van der Waals surface area contributed by atoms with E-state index < -0.39 is 5.51 Å². The molecule has 0 unspecified atom stereocenters. The largest absolute Gasteiger partial charge is 0.441 e. The van der Waals surface area contributed by atoms with E-state index in [1.165, 1.54) is 7.11 Å². The third-order valence-electron chi connectivity index (χ3n) is 2.28. The second-order valence-electron chi connectivity index (χ2n) is 4.14. The van der Waals surface area contributed by atoms with Gasteiger partial charge in [0.25, 0.3) is 0 Å². The van der Waals surface area contributed by atoms with E-state index in [-0.39, 0.29) is 30.7 Å². The van der Waals surface area contributed by atoms with Crippen LogP contribution < -0.4 is 10.6 Å². The van der Waals surface area contributed by atoms with Gasteiger partial charge in [0.15, 0.2) is 5.82 Å². The number of ether oxygens (including phenoxy) is 1. The number of rotatable bonds is 9. The molecule has 0 spiro atoms. The molecular weight excluding hydrogens is 305 g/mol. The van der Waals surface area contributed by atoms with Crippen LogP contribution in [-0.4, -0.2) is 41.4 Å². The minimum Gasteiger partial charge on any atom is -0.377 e. The van der Waals surface area contributed by atoms with E-state index in [2.05, 4.69) is 20.6 Å². The van der Waals surface area contributed by atoms with Crippen LogP contribution in [0.25, 0.3) is 0 Å². The van der Waals surface area contributed by atoms with Crippen LogP contribution in [0.1, 0.15) is 19.2 Å². The third-order valence-corrected chi connectivity index (χ3v) is 3.01. The number of hydrogen-bond acceptors (Lipinski definition) is 6. The Bertz CT molecular complexity index is 431. The molecule has 0 atom stereocenters. The molecule has 1 aromatic heterocycles. The molecule has 1 aromatic rings. The average molecular weight is 324 g/mol. The minimum absolute atomic E-state index is 0.0609. The lowest BCUT2D eigenvalue weighted by Crippen LogP contribution is -2.13. The Morgan fingerprint density at radius 3 is 2.33 bits per heavy atom. The summed E-state index contributed by atoms with van der Waals surface area (Å²) in [4.78, 5) is 8.44. The van der Waals surface area contributed by atoms with Gasteiger partial charge in [-0.3, -0.25) is 0 Å². The zero-order valence-electron chi connectivity index (χ0n) is 12.0. The van der Waals surface area contributed by atoms with Crippen LogP contribution in [0.5, 0.6) is 0 Å². The van der Waals surface area contributed by atoms with Crippen molar-refractivity contribution in [3.05, 3.63) is 11.9 Å². The van der Waals surface area contributed by atoms with Crippen molar-refractivity contribution in [2.75, 3.05) is 36.6 Å². The number of nitrogens with one attached hydrogen (secondary N) is 2. The molecule has 0 amide bonds. The maximum atomic E-state index is 12.0. The second kappa shape index (κ2) is 8.93. The van der Waals surface area contributed by atoms with Gasteiger partial charge in [-0.25, -0.2) is 9.97 Å². The molecule has 0 fully saturated rings. The highest BCUT2D eigenvalue weighted by atomic mass is 32.2. The van der Waals surface area contributed by atoms with Crippen molar-refractivity contribution >= 4 is 23.4 Å². The highest BCUT2D eigenvalue weighted by Crippen LogP contribution is 2.29. The lowest BCUT2D eigenvalue weighted by atomic mass is 10.4. The van der Waals surface area contributed by atoms with Crippen LogP contribution in [-0.2, 0) is 11.3 Å². The molecule has 0 aliphatic rings. The summed E-state index contributed by atoms with van der Waals surface area (Å²) in [7, 11) is 1.53. The van der Waals surface area contributed by atoms with Gasteiger partial charge in [0.2, 0.25) is 0 Å². The van der Waals surface area contributed by atoms with Gasteiger partial charge in [-0.15, -0.1) is 0 Å². The van der Waals surface area contributed by atoms with Crippen molar-refractivity contribution in [3.8, 4) is 0 Å². The topological polar surface area (TPSA) is 59.1 Å². The lowest BCUT2D eigenvalue weighted by Gasteiger charge is -2.11. The Labute approximate surface area is 126 Å². The first-order valence-electron chi connectivity index (χ1n) is 6.50. The van der Waals surface area contributed by atoms with E-state index in [1.807, 2.05) is 6.92 Å². The van der Waals surface area contributed by atoms with Crippen LogP contribution >= 0.6 is 11.8 Å². The van der Waals surface area contributed by atoms with Gasteiger partial charge in [0, 0.05) is 32.0 Å². The average Bonchev–Trinajstić information content (AvgIpc) is 2.41. The molecule has 0 saturated carbocycles. The highest BCUT2D eigenvalue weighted by molar-refractivity contribution is 8.00. The summed E-state index contributed by atoms with van der Waals surface area (Å²) in [6.07, 6.45) is 0.939. The molecule has 0 aliphatic carbocycles. The summed E-state index contributed by atoms with van der Waals surface area (Å²) in [6, 6.07) is 1.67. The number of aromatic nitrogens is 2. The Hall–Kier alpha value is -1.22. The first-order valence-corrected chi connectivity index (χ1v) is 7.48. The quantitative estimate of drug-likeness (QED) is 0.681. The molecule has 0 saturated heterocycles. The van der Waals surface area contributed by atoms with Gasteiger partial charge in [0.1, 0.15) is 18.2 Å². The van der Waals surface area contributed by atoms with Gasteiger partial charge in [-0.1, -0.05) is 6.92 Å². The molecule has 1 heterocycles. The van der Waals surface area contributed by atoms with Crippen LogP contribution in [0, 0.1) is 0 Å². The molecule has 9 heteroatoms. The van der Waals surface area contributed by atoms with Gasteiger partial charge in [0.05, 0.1) is 0 Å². The fourth-order valence-electron chi connectivity index (χ4n) is 1.47. The number of methoxy groups -OCH3 is 1. The van der Waals surface area contributed by atoms with Crippen LogP contribution in [0.2, 0.25) is 0 Å². The maximum Gasteiger partial charge on any atom is 0.441 e. The molecule has 1 rings (SSSR count). The van der Waals surface area contributed by atoms with Crippen molar-refractivity contribution in [1.82, 2.24) is 9.97 Å². The second-order valence-corrected chi connectivity index (χ2v) is 5.30. The summed E-state index contributed by atoms with van der Waals surface area (Å²) >= 11 is -0.0609. The molecular formula is C12H19F3N4OS. The molecule has 0 bridgehead atoms. The number of anilines is 2. The molecule has 2 N–H and O–H groups in total. The van der Waals surface area contributed by atoms with E-state index in [0.29, 0.717) is 17.5 Å². The number of nitrogens with zero attached hydrogens (tertiary/aromatic N) is 2. The van der Waals surface area contributed by atoms with Gasteiger partial charge in [-0.2, -0.15) is 13.2 Å². The van der Waals surface area contributed by atoms with E-state index in [1.54, 1.807) is 6.07 Å². The SMILES string of the molecule is CCCNc1cc(NCCSC(F)(F)F)nc(COC)n1. The standard InChI is InChI=1S/C12H19F3N4OS/c1-3-4-16-9-7-10(19-11(18-9)8-20-2)17-5-6-21-12(13,14)15/h7H,3-6,8H2,1-2H3,(H2,16,17,18,19). The summed E-state index contributed by atoms with van der Waals surface area (Å²) < 4.78 is 41.1. The summed E-state index contributed by atoms with van der Waals surface area (Å²) in [6.45, 7) is 3.19. The predicted octanol–water partition coefficient (Wildman–Crippen LogP) is 3.11. The van der Waals surface area contributed by atoms with E-state index in [0.717, 1.165) is 13.0 Å². The molecule has 0 radical (unpaired) electrons. The Morgan fingerprint density at radius 1 is 1.19 bits per heavy atom. The smallest absolute Gasteiger partial charge is 0.377 e. The molecule has 120 valence electrons. The Morgan fingerprint density at radius 2 is 1.81 bits per heavy atom. The molecule has 5 nitrogen and oxygen atoms in total. The van der Waals surface area contributed by atoms with Crippen LogP contribution in [0.4, 0.5) is 24.8 Å². The van der Waals surface area contributed by atoms with Gasteiger partial charge < -0.3 is 15.4 Å². The third kappa shape index (κ3) is 7.96. The van der Waals surface area contributed by atoms with E-state index in [4.69, 9.17) is 4.74 Å². The first-order chi connectivity index (χ1) is 9.94. The number of alkyl halides is 3. The fourth-order valence-corrected chi connectivity index (χ4v) is 1.91. The summed E-state index contributed by atoms with van der Waals surface area (Å²) in [5.41, 5.74) is -4.21. The number of thioether (sulfide) groups is 1. The predicted molar refractivity (Wildman–Crippen MR) is 78.5 cm³/mol. The van der Waals surface area contributed by atoms with Crippen molar-refractivity contribution in [1.29, 1.82) is 0 Å². The number of hydrogen-bond donors (Lipinski definition) is 2. The fraction of sp³-hybridized carbons (Fsp3) is 0.667.